The van der Waals surface area contributed by atoms with Crippen molar-refractivity contribution in [2.45, 2.75) is 51.2 Å². The molecule has 0 bridgehead atoms. The summed E-state index contributed by atoms with van der Waals surface area (Å²) in [5.41, 5.74) is 5.08. The van der Waals surface area contributed by atoms with Crippen LogP contribution in [0.15, 0.2) is 24.3 Å². The number of alkyl halides is 3. The van der Waals surface area contributed by atoms with Gasteiger partial charge in [-0.15, -0.1) is 0 Å². The fourth-order valence-electron chi connectivity index (χ4n) is 3.17. The molecular formula is C18H25F3N2O. The Bertz CT molecular complexity index is 578. The number of nitrogens with two attached hydrogens (primary N) is 1. The van der Waals surface area contributed by atoms with E-state index in [4.69, 9.17) is 5.73 Å². The Labute approximate surface area is 141 Å². The summed E-state index contributed by atoms with van der Waals surface area (Å²) in [6.45, 7) is 4.74. The summed E-state index contributed by atoms with van der Waals surface area (Å²) < 4.78 is 38.3. The zero-order chi connectivity index (χ0) is 18.0. The quantitative estimate of drug-likeness (QED) is 0.908. The Balaban J connectivity index is 1.94. The van der Waals surface area contributed by atoms with E-state index in [9.17, 15) is 18.0 Å². The number of halogens is 3. The summed E-state index contributed by atoms with van der Waals surface area (Å²) in [7, 11) is 0. The minimum absolute atomic E-state index is 0.0636. The third-order valence-corrected chi connectivity index (χ3v) is 4.45. The standard InChI is InChI=1S/C18H25F3N2O/c1-17(2,22)16(24)23-10-4-6-14(12-23)9-8-13-5-3-7-15(11-13)18(19,20)21/h3,5,7,11,14H,4,6,8-10,12,22H2,1-2H3/t14-/m0/s1. The zero-order valence-corrected chi connectivity index (χ0v) is 14.2. The molecular weight excluding hydrogens is 317 g/mol. The summed E-state index contributed by atoms with van der Waals surface area (Å²) in [5.74, 6) is 0.242. The Hall–Kier alpha value is -1.56. The first-order valence-corrected chi connectivity index (χ1v) is 8.32. The van der Waals surface area contributed by atoms with Gasteiger partial charge in [-0.3, -0.25) is 4.79 Å². The fraction of sp³-hybridized carbons (Fsp3) is 0.611. The first-order valence-electron chi connectivity index (χ1n) is 8.32. The molecule has 3 nitrogen and oxygen atoms in total. The minimum Gasteiger partial charge on any atom is -0.341 e. The van der Waals surface area contributed by atoms with E-state index in [1.165, 1.54) is 12.1 Å². The first kappa shape index (κ1) is 18.8. The number of likely N-dealkylation sites (tertiary alicyclic amines) is 1. The molecule has 0 unspecified atom stereocenters. The Morgan fingerprint density at radius 3 is 2.67 bits per heavy atom. The Morgan fingerprint density at radius 2 is 2.04 bits per heavy atom. The van der Waals surface area contributed by atoms with Crippen molar-refractivity contribution in [1.29, 1.82) is 0 Å². The van der Waals surface area contributed by atoms with Gasteiger partial charge in [0.25, 0.3) is 0 Å². The lowest BCUT2D eigenvalue weighted by Crippen LogP contribution is -2.53. The van der Waals surface area contributed by atoms with Gasteiger partial charge in [-0.2, -0.15) is 13.2 Å². The molecule has 24 heavy (non-hydrogen) atoms. The lowest BCUT2D eigenvalue weighted by atomic mass is 9.90. The topological polar surface area (TPSA) is 46.3 Å². The lowest BCUT2D eigenvalue weighted by Gasteiger charge is -2.36. The van der Waals surface area contributed by atoms with E-state index in [0.717, 1.165) is 25.3 Å². The molecule has 134 valence electrons. The van der Waals surface area contributed by atoms with Crippen molar-refractivity contribution in [3.05, 3.63) is 35.4 Å². The first-order chi connectivity index (χ1) is 11.1. The van der Waals surface area contributed by atoms with Gasteiger partial charge in [-0.25, -0.2) is 0 Å². The van der Waals surface area contributed by atoms with E-state index in [2.05, 4.69) is 0 Å². The highest BCUT2D eigenvalue weighted by Crippen LogP contribution is 2.30. The second-order valence-corrected chi connectivity index (χ2v) is 7.22. The molecule has 1 aromatic rings. The van der Waals surface area contributed by atoms with Crippen LogP contribution in [0.3, 0.4) is 0 Å². The van der Waals surface area contributed by atoms with Crippen molar-refractivity contribution < 1.29 is 18.0 Å². The molecule has 1 aromatic carbocycles. The molecule has 2 rings (SSSR count). The second kappa shape index (κ2) is 7.13. The molecule has 1 amide bonds. The maximum absolute atomic E-state index is 12.8. The molecule has 0 spiro atoms. The molecule has 0 aromatic heterocycles. The molecule has 0 radical (unpaired) electrons. The third kappa shape index (κ3) is 4.97. The van der Waals surface area contributed by atoms with E-state index in [0.29, 0.717) is 31.0 Å². The highest BCUT2D eigenvalue weighted by Gasteiger charge is 2.32. The van der Waals surface area contributed by atoms with E-state index in [1.807, 2.05) is 0 Å². The number of carbonyl (C=O) groups is 1. The molecule has 6 heteroatoms. The van der Waals surface area contributed by atoms with Crippen molar-refractivity contribution in [3.8, 4) is 0 Å². The van der Waals surface area contributed by atoms with E-state index in [1.54, 1.807) is 24.8 Å². The Kier molecular flexibility index (Phi) is 5.58. The van der Waals surface area contributed by atoms with Gasteiger partial charge in [0.1, 0.15) is 0 Å². The summed E-state index contributed by atoms with van der Waals surface area (Å²) in [4.78, 5) is 14.1. The number of carbonyl (C=O) groups excluding carboxylic acids is 1. The van der Waals surface area contributed by atoms with Crippen LogP contribution < -0.4 is 5.73 Å². The molecule has 2 N–H and O–H groups in total. The molecule has 0 aliphatic carbocycles. The van der Waals surface area contributed by atoms with E-state index < -0.39 is 17.3 Å². The number of benzene rings is 1. The minimum atomic E-state index is -4.31. The van der Waals surface area contributed by atoms with Crippen LogP contribution in [0.4, 0.5) is 13.2 Å². The van der Waals surface area contributed by atoms with Gasteiger partial charge in [0.2, 0.25) is 5.91 Å². The monoisotopic (exact) mass is 342 g/mol. The van der Waals surface area contributed by atoms with Crippen molar-refractivity contribution in [2.75, 3.05) is 13.1 Å². The van der Waals surface area contributed by atoms with Crippen molar-refractivity contribution in [1.82, 2.24) is 4.90 Å². The summed E-state index contributed by atoms with van der Waals surface area (Å²) in [5, 5.41) is 0. The smallest absolute Gasteiger partial charge is 0.341 e. The number of piperidine rings is 1. The molecule has 1 atom stereocenters. The van der Waals surface area contributed by atoms with Gasteiger partial charge in [0.05, 0.1) is 11.1 Å². The van der Waals surface area contributed by atoms with Crippen molar-refractivity contribution in [2.24, 2.45) is 11.7 Å². The van der Waals surface area contributed by atoms with E-state index >= 15 is 0 Å². The van der Waals surface area contributed by atoms with Crippen molar-refractivity contribution >= 4 is 5.91 Å². The van der Waals surface area contributed by atoms with Gasteiger partial charge >= 0.3 is 6.18 Å². The summed E-state index contributed by atoms with van der Waals surface area (Å²) in [6, 6.07) is 5.48. The SMILES string of the molecule is CC(C)(N)C(=O)N1CCC[C@@H](CCc2cccc(C(F)(F)F)c2)C1. The molecule has 1 saturated heterocycles. The lowest BCUT2D eigenvalue weighted by molar-refractivity contribution is -0.138. The van der Waals surface area contributed by atoms with Gasteiger partial charge < -0.3 is 10.6 Å². The van der Waals surface area contributed by atoms with Crippen LogP contribution in [0.5, 0.6) is 0 Å². The molecule has 1 aliphatic rings. The largest absolute Gasteiger partial charge is 0.416 e. The number of amides is 1. The number of aryl methyl sites for hydroxylation is 1. The second-order valence-electron chi connectivity index (χ2n) is 7.22. The van der Waals surface area contributed by atoms with Crippen LogP contribution >= 0.6 is 0 Å². The predicted molar refractivity (Wildman–Crippen MR) is 87.3 cm³/mol. The third-order valence-electron chi connectivity index (χ3n) is 4.45. The van der Waals surface area contributed by atoms with Crippen LogP contribution in [-0.2, 0) is 17.4 Å². The highest BCUT2D eigenvalue weighted by molar-refractivity contribution is 5.85. The maximum Gasteiger partial charge on any atom is 0.416 e. The van der Waals surface area contributed by atoms with Gasteiger partial charge in [-0.1, -0.05) is 18.2 Å². The van der Waals surface area contributed by atoms with Gasteiger partial charge in [0.15, 0.2) is 0 Å². The van der Waals surface area contributed by atoms with Crippen molar-refractivity contribution in [3.63, 3.8) is 0 Å². The van der Waals surface area contributed by atoms with Gasteiger partial charge in [-0.05, 0) is 57.1 Å². The molecule has 1 fully saturated rings. The number of nitrogens with zero attached hydrogens (tertiary/aromatic N) is 1. The summed E-state index contributed by atoms with van der Waals surface area (Å²) in [6.07, 6.45) is -1.04. The average molecular weight is 342 g/mol. The predicted octanol–water partition coefficient (Wildman–Crippen LogP) is 3.61. The molecule has 1 heterocycles. The zero-order valence-electron chi connectivity index (χ0n) is 14.2. The Morgan fingerprint density at radius 1 is 1.33 bits per heavy atom. The van der Waals surface area contributed by atoms with Crippen LogP contribution in [0.2, 0.25) is 0 Å². The van der Waals surface area contributed by atoms with E-state index in [-0.39, 0.29) is 5.91 Å². The maximum atomic E-state index is 12.8. The average Bonchev–Trinajstić information content (AvgIpc) is 2.51. The normalized spacial score (nSPS) is 19.4. The molecule has 0 saturated carbocycles. The van der Waals surface area contributed by atoms with Crippen LogP contribution in [0.25, 0.3) is 0 Å². The summed E-state index contributed by atoms with van der Waals surface area (Å²) >= 11 is 0. The molecule has 1 aliphatic heterocycles. The number of hydrogen-bond donors (Lipinski definition) is 1. The highest BCUT2D eigenvalue weighted by atomic mass is 19.4. The number of hydrogen-bond acceptors (Lipinski definition) is 2. The van der Waals surface area contributed by atoms with Crippen LogP contribution in [0, 0.1) is 5.92 Å². The van der Waals surface area contributed by atoms with Crippen LogP contribution in [-0.4, -0.2) is 29.4 Å². The fourth-order valence-corrected chi connectivity index (χ4v) is 3.17. The number of rotatable bonds is 4. The van der Waals surface area contributed by atoms with Crippen LogP contribution in [0.1, 0.15) is 44.2 Å². The van der Waals surface area contributed by atoms with Gasteiger partial charge in [0, 0.05) is 13.1 Å².